The molecule has 2 rings (SSSR count). The maximum atomic E-state index is 12.2. The zero-order valence-corrected chi connectivity index (χ0v) is 13.0. The van der Waals surface area contributed by atoms with Gasteiger partial charge < -0.3 is 16.8 Å². The van der Waals surface area contributed by atoms with E-state index in [0.29, 0.717) is 5.16 Å². The van der Waals surface area contributed by atoms with Crippen molar-refractivity contribution in [3.8, 4) is 0 Å². The van der Waals surface area contributed by atoms with Crippen molar-refractivity contribution in [2.45, 2.75) is 61.9 Å². The zero-order chi connectivity index (χ0) is 15.2. The number of nitrogens with two attached hydrogens (primary N) is 2. The van der Waals surface area contributed by atoms with Gasteiger partial charge in [-0.1, -0.05) is 37.4 Å². The molecule has 1 heterocycles. The summed E-state index contributed by atoms with van der Waals surface area (Å²) in [4.78, 5) is 23.9. The van der Waals surface area contributed by atoms with Crippen molar-refractivity contribution in [1.29, 1.82) is 0 Å². The molecule has 1 aromatic rings. The van der Waals surface area contributed by atoms with Gasteiger partial charge in [-0.3, -0.25) is 4.79 Å². The molecule has 1 fully saturated rings. The Labute approximate surface area is 128 Å². The van der Waals surface area contributed by atoms with Crippen LogP contribution in [0.25, 0.3) is 0 Å². The quantitative estimate of drug-likeness (QED) is 0.567. The number of anilines is 2. The molecule has 1 saturated carbocycles. The number of hydrogen-bond donors (Lipinski definition) is 3. The van der Waals surface area contributed by atoms with E-state index in [1.165, 1.54) is 37.4 Å². The van der Waals surface area contributed by atoms with Crippen molar-refractivity contribution in [2.24, 2.45) is 0 Å². The monoisotopic (exact) mass is 310 g/mol. The number of thioether (sulfide) groups is 1. The molecular weight excluding hydrogens is 288 g/mol. The van der Waals surface area contributed by atoms with E-state index in [-0.39, 0.29) is 29.1 Å². The highest BCUT2D eigenvalue weighted by Gasteiger charge is 2.21. The van der Waals surface area contributed by atoms with Gasteiger partial charge in [0.25, 0.3) is 0 Å². The maximum absolute atomic E-state index is 12.2. The standard InChI is InChI=1S/C13H22N6OS/c1-8(21-13-18-11(14)17-12(15)19-13)10(20)16-9-6-4-2-3-5-7-9/h8-9H,2-7H2,1H3,(H,16,20)(H4,14,15,17,18,19)/t8-/m1/s1. The highest BCUT2D eigenvalue weighted by Crippen LogP contribution is 2.22. The maximum Gasteiger partial charge on any atom is 0.233 e. The van der Waals surface area contributed by atoms with E-state index in [4.69, 9.17) is 11.5 Å². The first-order valence-corrected chi connectivity index (χ1v) is 8.16. The molecule has 1 amide bonds. The van der Waals surface area contributed by atoms with Crippen LogP contribution in [0.4, 0.5) is 11.9 Å². The van der Waals surface area contributed by atoms with Crippen LogP contribution in [0.2, 0.25) is 0 Å². The van der Waals surface area contributed by atoms with E-state index in [0.717, 1.165) is 12.8 Å². The number of aromatic nitrogens is 3. The lowest BCUT2D eigenvalue weighted by Gasteiger charge is -2.18. The molecule has 1 atom stereocenters. The Hall–Kier alpha value is -1.57. The van der Waals surface area contributed by atoms with Gasteiger partial charge in [0.05, 0.1) is 5.25 Å². The molecule has 0 aromatic carbocycles. The Kier molecular flexibility index (Phi) is 5.60. The van der Waals surface area contributed by atoms with Gasteiger partial charge in [0.2, 0.25) is 17.8 Å². The van der Waals surface area contributed by atoms with Crippen LogP contribution in [0.1, 0.15) is 45.4 Å². The summed E-state index contributed by atoms with van der Waals surface area (Å²) in [6.07, 6.45) is 7.03. The van der Waals surface area contributed by atoms with Gasteiger partial charge in [-0.15, -0.1) is 0 Å². The summed E-state index contributed by atoms with van der Waals surface area (Å²) in [6.45, 7) is 1.83. The molecule has 1 aliphatic rings. The van der Waals surface area contributed by atoms with Crippen LogP contribution in [0.3, 0.4) is 0 Å². The van der Waals surface area contributed by atoms with Crippen molar-refractivity contribution in [3.05, 3.63) is 0 Å². The SMILES string of the molecule is C[C@@H](Sc1nc(N)nc(N)n1)C(=O)NC1CCCCCC1. The normalized spacial score (nSPS) is 18.0. The van der Waals surface area contributed by atoms with E-state index in [1.54, 1.807) is 0 Å². The van der Waals surface area contributed by atoms with Gasteiger partial charge in [0.1, 0.15) is 0 Å². The number of amides is 1. The largest absolute Gasteiger partial charge is 0.368 e. The molecule has 0 saturated heterocycles. The van der Waals surface area contributed by atoms with Gasteiger partial charge in [0.15, 0.2) is 5.16 Å². The van der Waals surface area contributed by atoms with Crippen molar-refractivity contribution in [3.63, 3.8) is 0 Å². The molecule has 1 aromatic heterocycles. The van der Waals surface area contributed by atoms with E-state index in [1.807, 2.05) is 6.92 Å². The molecule has 0 spiro atoms. The number of carbonyl (C=O) groups is 1. The smallest absolute Gasteiger partial charge is 0.233 e. The van der Waals surface area contributed by atoms with E-state index >= 15 is 0 Å². The molecule has 0 bridgehead atoms. The first-order chi connectivity index (χ1) is 10.0. The molecule has 5 N–H and O–H groups in total. The average Bonchev–Trinajstić information content (AvgIpc) is 2.66. The highest BCUT2D eigenvalue weighted by atomic mass is 32.2. The second-order valence-electron chi connectivity index (χ2n) is 5.29. The van der Waals surface area contributed by atoms with Crippen molar-refractivity contribution in [2.75, 3.05) is 11.5 Å². The second kappa shape index (κ2) is 7.44. The summed E-state index contributed by atoms with van der Waals surface area (Å²) in [5, 5.41) is 3.20. The lowest BCUT2D eigenvalue weighted by atomic mass is 10.1. The third-order valence-electron chi connectivity index (χ3n) is 3.50. The van der Waals surface area contributed by atoms with Crippen LogP contribution in [0.5, 0.6) is 0 Å². The number of nitrogen functional groups attached to an aromatic ring is 2. The molecule has 0 unspecified atom stereocenters. The third kappa shape index (κ3) is 5.04. The Balaban J connectivity index is 1.89. The lowest BCUT2D eigenvalue weighted by molar-refractivity contribution is -0.121. The summed E-state index contributed by atoms with van der Waals surface area (Å²) >= 11 is 1.24. The first-order valence-electron chi connectivity index (χ1n) is 7.28. The Bertz CT molecular complexity index is 469. The zero-order valence-electron chi connectivity index (χ0n) is 12.2. The van der Waals surface area contributed by atoms with Crippen LogP contribution in [0, 0.1) is 0 Å². The van der Waals surface area contributed by atoms with Gasteiger partial charge >= 0.3 is 0 Å². The summed E-state index contributed by atoms with van der Waals surface area (Å²) in [6, 6.07) is 0.288. The summed E-state index contributed by atoms with van der Waals surface area (Å²) in [5.74, 6) is 0.146. The molecule has 21 heavy (non-hydrogen) atoms. The minimum atomic E-state index is -0.297. The van der Waals surface area contributed by atoms with Crippen LogP contribution in [-0.4, -0.2) is 32.2 Å². The predicted octanol–water partition coefficient (Wildman–Crippen LogP) is 1.36. The van der Waals surface area contributed by atoms with Crippen LogP contribution in [0.15, 0.2) is 5.16 Å². The van der Waals surface area contributed by atoms with Crippen LogP contribution >= 0.6 is 11.8 Å². The fourth-order valence-electron chi connectivity index (χ4n) is 2.39. The van der Waals surface area contributed by atoms with Crippen molar-refractivity contribution < 1.29 is 4.79 Å². The van der Waals surface area contributed by atoms with Gasteiger partial charge in [0, 0.05) is 6.04 Å². The second-order valence-corrected chi connectivity index (χ2v) is 6.60. The fourth-order valence-corrected chi connectivity index (χ4v) is 3.18. The first kappa shape index (κ1) is 15.8. The van der Waals surface area contributed by atoms with E-state index < -0.39 is 0 Å². The number of rotatable bonds is 4. The Morgan fingerprint density at radius 3 is 2.29 bits per heavy atom. The summed E-state index contributed by atoms with van der Waals surface area (Å²) in [5.41, 5.74) is 11.0. The molecule has 116 valence electrons. The topological polar surface area (TPSA) is 120 Å². The molecular formula is C13H22N6OS. The van der Waals surface area contributed by atoms with Gasteiger partial charge in [-0.05, 0) is 19.8 Å². The van der Waals surface area contributed by atoms with Gasteiger partial charge in [-0.2, -0.15) is 15.0 Å². The Morgan fingerprint density at radius 1 is 1.14 bits per heavy atom. The van der Waals surface area contributed by atoms with E-state index in [9.17, 15) is 4.79 Å². The molecule has 7 nitrogen and oxygen atoms in total. The minimum Gasteiger partial charge on any atom is -0.368 e. The highest BCUT2D eigenvalue weighted by molar-refractivity contribution is 8.00. The molecule has 0 aliphatic heterocycles. The lowest BCUT2D eigenvalue weighted by Crippen LogP contribution is -2.39. The van der Waals surface area contributed by atoms with Crippen molar-refractivity contribution in [1.82, 2.24) is 20.3 Å². The number of nitrogens with one attached hydrogen (secondary N) is 1. The van der Waals surface area contributed by atoms with Crippen molar-refractivity contribution >= 4 is 29.6 Å². The molecule has 1 aliphatic carbocycles. The number of hydrogen-bond acceptors (Lipinski definition) is 7. The van der Waals surface area contributed by atoms with E-state index in [2.05, 4.69) is 20.3 Å². The fraction of sp³-hybridized carbons (Fsp3) is 0.692. The number of carbonyl (C=O) groups excluding carboxylic acids is 1. The molecule has 8 heteroatoms. The van der Waals surface area contributed by atoms with Crippen LogP contribution < -0.4 is 16.8 Å². The third-order valence-corrected chi connectivity index (χ3v) is 4.46. The summed E-state index contributed by atoms with van der Waals surface area (Å²) in [7, 11) is 0. The summed E-state index contributed by atoms with van der Waals surface area (Å²) < 4.78 is 0. The molecule has 0 radical (unpaired) electrons. The minimum absolute atomic E-state index is 0.00413. The average molecular weight is 310 g/mol. The predicted molar refractivity (Wildman–Crippen MR) is 83.6 cm³/mol. The van der Waals surface area contributed by atoms with Crippen LogP contribution in [-0.2, 0) is 4.79 Å². The Morgan fingerprint density at radius 2 is 1.71 bits per heavy atom. The van der Waals surface area contributed by atoms with Gasteiger partial charge in [-0.25, -0.2) is 0 Å². The number of nitrogens with zero attached hydrogens (tertiary/aromatic N) is 3.